The van der Waals surface area contributed by atoms with Gasteiger partial charge >= 0.3 is 6.09 Å². The first kappa shape index (κ1) is 20.3. The molecule has 0 saturated heterocycles. The molecule has 0 spiro atoms. The molecule has 24 heavy (non-hydrogen) atoms. The monoisotopic (exact) mass is 373 g/mol. The zero-order valence-electron chi connectivity index (χ0n) is 13.5. The van der Waals surface area contributed by atoms with Crippen LogP contribution in [-0.2, 0) is 16.0 Å². The van der Waals surface area contributed by atoms with Crippen molar-refractivity contribution in [3.63, 3.8) is 0 Å². The average molecular weight is 374 g/mol. The summed E-state index contributed by atoms with van der Waals surface area (Å²) in [4.78, 5) is 26.8. The van der Waals surface area contributed by atoms with Crippen LogP contribution in [0.4, 0.5) is 4.79 Å². The minimum atomic E-state index is -0.833. The van der Waals surface area contributed by atoms with Crippen LogP contribution in [0.25, 0.3) is 0 Å². The number of ether oxygens (including phenoxy) is 1. The van der Waals surface area contributed by atoms with Crippen molar-refractivity contribution in [2.75, 3.05) is 6.61 Å². The fourth-order valence-corrected chi connectivity index (χ4v) is 2.43. The third-order valence-corrected chi connectivity index (χ3v) is 3.81. The molecule has 6 nitrogen and oxygen atoms in total. The molecule has 1 rings (SSSR count). The number of benzene rings is 1. The van der Waals surface area contributed by atoms with Crippen molar-refractivity contribution in [1.29, 1.82) is 0 Å². The second-order valence-corrected chi connectivity index (χ2v) is 5.91. The lowest BCUT2D eigenvalue weighted by atomic mass is 10.1. The highest BCUT2D eigenvalue weighted by atomic mass is 35.5. The van der Waals surface area contributed by atoms with Crippen LogP contribution in [0.2, 0.25) is 10.0 Å². The van der Waals surface area contributed by atoms with Gasteiger partial charge < -0.3 is 10.5 Å². The van der Waals surface area contributed by atoms with Gasteiger partial charge in [-0.25, -0.2) is 4.79 Å². The highest BCUT2D eigenvalue weighted by Crippen LogP contribution is 2.24. The summed E-state index contributed by atoms with van der Waals surface area (Å²) in [6.45, 7) is 2.37. The van der Waals surface area contributed by atoms with E-state index in [2.05, 4.69) is 17.2 Å². The molecule has 0 saturated carbocycles. The van der Waals surface area contributed by atoms with E-state index in [0.717, 1.165) is 25.7 Å². The van der Waals surface area contributed by atoms with Gasteiger partial charge in [-0.05, 0) is 24.1 Å². The van der Waals surface area contributed by atoms with Crippen LogP contribution in [0.3, 0.4) is 0 Å². The van der Waals surface area contributed by atoms with Crippen LogP contribution in [-0.4, -0.2) is 24.6 Å². The summed E-state index contributed by atoms with van der Waals surface area (Å²) in [5, 5.41) is 3.04. The predicted molar refractivity (Wildman–Crippen MR) is 95.4 cm³/mol. The summed E-state index contributed by atoms with van der Waals surface area (Å²) in [6.07, 6.45) is 3.02. The lowest BCUT2D eigenvalue weighted by Gasteiger charge is -2.07. The molecule has 0 atom stereocenters. The lowest BCUT2D eigenvalue weighted by Crippen LogP contribution is -2.38. The number of carbonyl (C=O) groups excluding carboxylic acids is 2. The van der Waals surface area contributed by atoms with Crippen LogP contribution in [0.5, 0.6) is 0 Å². The largest absolute Gasteiger partial charge is 0.448 e. The molecule has 0 radical (unpaired) electrons. The Hall–Kier alpha value is -1.79. The smallest absolute Gasteiger partial charge is 0.436 e. The van der Waals surface area contributed by atoms with Crippen LogP contribution >= 0.6 is 23.2 Å². The van der Waals surface area contributed by atoms with E-state index in [0.29, 0.717) is 15.6 Å². The fourth-order valence-electron chi connectivity index (χ4n) is 1.90. The molecule has 0 aromatic heterocycles. The van der Waals surface area contributed by atoms with Crippen LogP contribution < -0.4 is 11.1 Å². The van der Waals surface area contributed by atoms with Crippen LogP contribution in [0, 0.1) is 0 Å². The topological polar surface area (TPSA) is 93.8 Å². The van der Waals surface area contributed by atoms with Gasteiger partial charge in [0.05, 0.1) is 13.0 Å². The summed E-state index contributed by atoms with van der Waals surface area (Å²) in [7, 11) is 0. The van der Waals surface area contributed by atoms with E-state index in [1.807, 2.05) is 0 Å². The maximum absolute atomic E-state index is 11.9. The molecule has 0 unspecified atom stereocenters. The number of hydrogen-bond donors (Lipinski definition) is 2. The Morgan fingerprint density at radius 2 is 1.88 bits per heavy atom. The van der Waals surface area contributed by atoms with E-state index in [9.17, 15) is 9.59 Å². The van der Waals surface area contributed by atoms with Crippen LogP contribution in [0.1, 0.15) is 38.2 Å². The number of halogens is 2. The van der Waals surface area contributed by atoms with E-state index in [1.54, 1.807) is 18.2 Å². The van der Waals surface area contributed by atoms with Gasteiger partial charge in [-0.3, -0.25) is 10.1 Å². The van der Waals surface area contributed by atoms with Crippen molar-refractivity contribution in [3.05, 3.63) is 33.8 Å². The Balaban J connectivity index is 2.44. The Morgan fingerprint density at radius 3 is 2.50 bits per heavy atom. The lowest BCUT2D eigenvalue weighted by molar-refractivity contribution is -0.119. The third kappa shape index (κ3) is 7.66. The molecule has 0 aliphatic rings. The van der Waals surface area contributed by atoms with E-state index in [1.165, 1.54) is 0 Å². The number of rotatable bonds is 7. The van der Waals surface area contributed by atoms with Crippen molar-refractivity contribution in [2.45, 2.75) is 39.0 Å². The van der Waals surface area contributed by atoms with Crippen molar-refractivity contribution in [3.8, 4) is 0 Å². The molecule has 0 aliphatic heterocycles. The molecule has 2 amide bonds. The summed E-state index contributed by atoms with van der Waals surface area (Å²) < 4.78 is 4.90. The molecule has 8 heteroatoms. The molecule has 1 aromatic rings. The zero-order valence-corrected chi connectivity index (χ0v) is 15.0. The van der Waals surface area contributed by atoms with Gasteiger partial charge in [0.15, 0.2) is 0 Å². The first-order valence-corrected chi connectivity index (χ1v) is 8.43. The summed E-state index contributed by atoms with van der Waals surface area (Å²) >= 11 is 12.0. The molecular formula is C16H21Cl2N3O3. The molecular weight excluding hydrogens is 353 g/mol. The number of guanidine groups is 1. The zero-order chi connectivity index (χ0) is 17.9. The van der Waals surface area contributed by atoms with Gasteiger partial charge in [-0.1, -0.05) is 55.5 Å². The van der Waals surface area contributed by atoms with E-state index >= 15 is 0 Å². The van der Waals surface area contributed by atoms with Crippen molar-refractivity contribution < 1.29 is 14.3 Å². The normalized spacial score (nSPS) is 11.2. The Labute approximate surface area is 151 Å². The number of nitrogens with one attached hydrogen (secondary N) is 1. The maximum atomic E-state index is 11.9. The fraction of sp³-hybridized carbons (Fsp3) is 0.438. The number of nitrogens with zero attached hydrogens (tertiary/aromatic N) is 1. The molecule has 0 heterocycles. The highest BCUT2D eigenvalue weighted by Gasteiger charge is 2.12. The van der Waals surface area contributed by atoms with E-state index in [-0.39, 0.29) is 19.0 Å². The second-order valence-electron chi connectivity index (χ2n) is 5.10. The molecule has 0 aliphatic carbocycles. The summed E-state index contributed by atoms with van der Waals surface area (Å²) in [5.74, 6) is -0.816. The number of nitrogens with two attached hydrogens (primary N) is 1. The number of aliphatic imine (C=N–C) groups is 1. The van der Waals surface area contributed by atoms with E-state index < -0.39 is 12.0 Å². The van der Waals surface area contributed by atoms with Gasteiger partial charge in [-0.15, -0.1) is 4.99 Å². The standard InChI is InChI=1S/C16H21Cl2N3O3/c1-2-3-4-5-9-24-16(23)21-15(19)20-14(22)10-11-12(17)7-6-8-13(11)18/h6-8H,2-5,9-10H2,1H3,(H3,19,20,21,22,23). The number of amides is 2. The minimum absolute atomic E-state index is 0.0825. The van der Waals surface area contributed by atoms with Crippen molar-refractivity contribution in [1.82, 2.24) is 5.32 Å². The van der Waals surface area contributed by atoms with Crippen molar-refractivity contribution in [2.24, 2.45) is 10.7 Å². The predicted octanol–water partition coefficient (Wildman–Crippen LogP) is 3.68. The second kappa shape index (κ2) is 10.9. The van der Waals surface area contributed by atoms with E-state index in [4.69, 9.17) is 33.7 Å². The molecule has 1 aromatic carbocycles. The van der Waals surface area contributed by atoms with Gasteiger partial charge in [-0.2, -0.15) is 0 Å². The van der Waals surface area contributed by atoms with Gasteiger partial charge in [0, 0.05) is 10.0 Å². The molecule has 0 bridgehead atoms. The number of carbonyl (C=O) groups is 2. The SMILES string of the molecule is CCCCCCOC(=O)N=C(N)NC(=O)Cc1c(Cl)cccc1Cl. The Bertz CT molecular complexity index is 586. The maximum Gasteiger partial charge on any atom is 0.436 e. The third-order valence-electron chi connectivity index (χ3n) is 3.10. The van der Waals surface area contributed by atoms with Gasteiger partial charge in [0.2, 0.25) is 11.9 Å². The van der Waals surface area contributed by atoms with Crippen molar-refractivity contribution >= 4 is 41.2 Å². The molecule has 0 fully saturated rings. The quantitative estimate of drug-likeness (QED) is 0.432. The Kier molecular flexibility index (Phi) is 9.19. The van der Waals surface area contributed by atoms with Crippen LogP contribution in [0.15, 0.2) is 23.2 Å². The van der Waals surface area contributed by atoms with Gasteiger partial charge in [0.1, 0.15) is 0 Å². The first-order valence-electron chi connectivity index (χ1n) is 7.67. The first-order chi connectivity index (χ1) is 11.4. The average Bonchev–Trinajstić information content (AvgIpc) is 2.50. The van der Waals surface area contributed by atoms with Gasteiger partial charge in [0.25, 0.3) is 0 Å². The number of hydrogen-bond acceptors (Lipinski definition) is 3. The minimum Gasteiger partial charge on any atom is -0.448 e. The number of unbranched alkanes of at least 4 members (excludes halogenated alkanes) is 3. The molecule has 3 N–H and O–H groups in total. The summed E-state index contributed by atoms with van der Waals surface area (Å²) in [5.41, 5.74) is 5.98. The summed E-state index contributed by atoms with van der Waals surface area (Å²) in [6, 6.07) is 4.94. The Morgan fingerprint density at radius 1 is 1.21 bits per heavy atom. The molecule has 132 valence electrons. The highest BCUT2D eigenvalue weighted by molar-refractivity contribution is 6.36.